The average Bonchev–Trinajstić information content (AvgIpc) is 2.55. The monoisotopic (exact) mass is 241 g/mol. The summed E-state index contributed by atoms with van der Waals surface area (Å²) >= 11 is 4.78. The SMILES string of the molecule is CCN(NC(=O)c1cc(C)n(C)n1)C(N)=S. The van der Waals surface area contributed by atoms with Crippen LogP contribution in [0.2, 0.25) is 0 Å². The second kappa shape index (κ2) is 4.93. The Balaban J connectivity index is 2.75. The summed E-state index contributed by atoms with van der Waals surface area (Å²) in [5, 5.41) is 5.57. The molecular formula is C9H15N5OS. The molecule has 0 aliphatic carbocycles. The molecule has 1 amide bonds. The molecule has 1 rings (SSSR count). The number of nitrogens with zero attached hydrogens (tertiary/aromatic N) is 3. The standard InChI is InChI=1S/C9H15N5OS/c1-4-14(9(10)16)12-8(15)7-5-6(2)13(3)11-7/h5H,4H2,1-3H3,(H2,10,16)(H,12,15). The molecule has 0 atom stereocenters. The molecule has 1 heterocycles. The number of carbonyl (C=O) groups excluding carboxylic acids is 1. The van der Waals surface area contributed by atoms with Crippen LogP contribution in [-0.4, -0.2) is 32.4 Å². The van der Waals surface area contributed by atoms with E-state index >= 15 is 0 Å². The van der Waals surface area contributed by atoms with E-state index < -0.39 is 0 Å². The smallest absolute Gasteiger partial charge is 0.290 e. The van der Waals surface area contributed by atoms with Crippen molar-refractivity contribution in [1.29, 1.82) is 0 Å². The number of hydrazine groups is 1. The van der Waals surface area contributed by atoms with Crippen LogP contribution in [0.4, 0.5) is 0 Å². The minimum Gasteiger partial charge on any atom is -0.375 e. The molecule has 0 fully saturated rings. The zero-order valence-electron chi connectivity index (χ0n) is 9.52. The van der Waals surface area contributed by atoms with E-state index in [-0.39, 0.29) is 11.0 Å². The molecule has 0 bridgehead atoms. The van der Waals surface area contributed by atoms with E-state index in [4.69, 9.17) is 18.0 Å². The molecule has 0 unspecified atom stereocenters. The van der Waals surface area contributed by atoms with Crippen LogP contribution >= 0.6 is 12.2 Å². The fourth-order valence-corrected chi connectivity index (χ4v) is 1.32. The Bertz CT molecular complexity index is 395. The average molecular weight is 241 g/mol. The first-order chi connectivity index (χ1) is 7.45. The first kappa shape index (κ1) is 12.4. The summed E-state index contributed by atoms with van der Waals surface area (Å²) in [5.41, 5.74) is 9.25. The molecular weight excluding hydrogens is 226 g/mol. The van der Waals surface area contributed by atoms with Gasteiger partial charge in [0, 0.05) is 19.3 Å². The van der Waals surface area contributed by atoms with E-state index in [9.17, 15) is 4.79 Å². The third-order valence-electron chi connectivity index (χ3n) is 2.17. The van der Waals surface area contributed by atoms with Crippen molar-refractivity contribution in [3.05, 3.63) is 17.5 Å². The van der Waals surface area contributed by atoms with Crippen molar-refractivity contribution in [3.63, 3.8) is 0 Å². The molecule has 6 nitrogen and oxygen atoms in total. The maximum absolute atomic E-state index is 11.7. The van der Waals surface area contributed by atoms with Gasteiger partial charge in [0.2, 0.25) is 0 Å². The minimum absolute atomic E-state index is 0.128. The van der Waals surface area contributed by atoms with Crippen LogP contribution in [-0.2, 0) is 7.05 Å². The van der Waals surface area contributed by atoms with Gasteiger partial charge in [0.25, 0.3) is 5.91 Å². The van der Waals surface area contributed by atoms with Crippen molar-refractivity contribution < 1.29 is 4.79 Å². The normalized spacial score (nSPS) is 9.94. The van der Waals surface area contributed by atoms with Gasteiger partial charge in [-0.15, -0.1) is 0 Å². The van der Waals surface area contributed by atoms with Crippen LogP contribution in [0, 0.1) is 6.92 Å². The molecule has 0 spiro atoms. The largest absolute Gasteiger partial charge is 0.375 e. The molecule has 88 valence electrons. The number of nitrogens with two attached hydrogens (primary N) is 1. The van der Waals surface area contributed by atoms with Crippen LogP contribution < -0.4 is 11.2 Å². The Labute approximate surface area is 99.4 Å². The van der Waals surface area contributed by atoms with E-state index in [2.05, 4.69) is 10.5 Å². The van der Waals surface area contributed by atoms with E-state index in [0.29, 0.717) is 12.2 Å². The number of amides is 1. The molecule has 7 heteroatoms. The summed E-state index contributed by atoms with van der Waals surface area (Å²) in [6.07, 6.45) is 0. The molecule has 3 N–H and O–H groups in total. The molecule has 0 aliphatic rings. The molecule has 1 aromatic rings. The van der Waals surface area contributed by atoms with Crippen molar-refractivity contribution >= 4 is 23.2 Å². The Morgan fingerprint density at radius 2 is 2.38 bits per heavy atom. The summed E-state index contributed by atoms with van der Waals surface area (Å²) in [7, 11) is 1.78. The maximum atomic E-state index is 11.7. The number of nitrogens with one attached hydrogen (secondary N) is 1. The number of hydrogen-bond acceptors (Lipinski definition) is 3. The van der Waals surface area contributed by atoms with Crippen molar-refractivity contribution in [2.45, 2.75) is 13.8 Å². The number of aryl methyl sites for hydroxylation is 2. The van der Waals surface area contributed by atoms with Crippen LogP contribution in [0.15, 0.2) is 6.07 Å². The van der Waals surface area contributed by atoms with Crippen LogP contribution in [0.5, 0.6) is 0 Å². The first-order valence-electron chi connectivity index (χ1n) is 4.84. The Kier molecular flexibility index (Phi) is 3.83. The zero-order chi connectivity index (χ0) is 12.3. The van der Waals surface area contributed by atoms with Gasteiger partial charge in [-0.2, -0.15) is 5.10 Å². The van der Waals surface area contributed by atoms with Gasteiger partial charge in [-0.25, -0.2) is 0 Å². The van der Waals surface area contributed by atoms with E-state index in [0.717, 1.165) is 5.69 Å². The summed E-state index contributed by atoms with van der Waals surface area (Å²) in [4.78, 5) is 11.7. The highest BCUT2D eigenvalue weighted by molar-refractivity contribution is 7.80. The van der Waals surface area contributed by atoms with Crippen LogP contribution in [0.25, 0.3) is 0 Å². The van der Waals surface area contributed by atoms with Gasteiger partial charge >= 0.3 is 0 Å². The van der Waals surface area contributed by atoms with Crippen LogP contribution in [0.3, 0.4) is 0 Å². The highest BCUT2D eigenvalue weighted by atomic mass is 32.1. The first-order valence-corrected chi connectivity index (χ1v) is 5.25. The highest BCUT2D eigenvalue weighted by Gasteiger charge is 2.14. The highest BCUT2D eigenvalue weighted by Crippen LogP contribution is 2.01. The van der Waals surface area contributed by atoms with Gasteiger partial charge in [-0.1, -0.05) is 0 Å². The lowest BCUT2D eigenvalue weighted by atomic mass is 10.3. The second-order valence-electron chi connectivity index (χ2n) is 3.32. The van der Waals surface area contributed by atoms with Gasteiger partial charge in [-0.3, -0.25) is 19.9 Å². The lowest BCUT2D eigenvalue weighted by Crippen LogP contribution is -2.48. The minimum atomic E-state index is -0.321. The Hall–Kier alpha value is -1.63. The maximum Gasteiger partial charge on any atom is 0.290 e. The summed E-state index contributed by atoms with van der Waals surface area (Å²) in [6, 6.07) is 1.70. The van der Waals surface area contributed by atoms with Gasteiger partial charge in [0.05, 0.1) is 0 Å². The second-order valence-corrected chi connectivity index (χ2v) is 3.74. The summed E-state index contributed by atoms with van der Waals surface area (Å²) < 4.78 is 1.63. The lowest BCUT2D eigenvalue weighted by molar-refractivity contribution is 0.0868. The molecule has 0 aliphatic heterocycles. The van der Waals surface area contributed by atoms with Crippen molar-refractivity contribution in [2.75, 3.05) is 6.54 Å². The topological polar surface area (TPSA) is 76.2 Å². The van der Waals surface area contributed by atoms with E-state index in [1.165, 1.54) is 5.01 Å². The van der Waals surface area contributed by atoms with Crippen molar-refractivity contribution in [2.24, 2.45) is 12.8 Å². The zero-order valence-corrected chi connectivity index (χ0v) is 10.3. The predicted octanol–water partition coefficient (Wildman–Crippen LogP) is -0.0612. The van der Waals surface area contributed by atoms with E-state index in [1.54, 1.807) is 17.8 Å². The van der Waals surface area contributed by atoms with Gasteiger partial charge < -0.3 is 5.73 Å². The number of rotatable bonds is 2. The predicted molar refractivity (Wildman–Crippen MR) is 64.6 cm³/mol. The third kappa shape index (κ3) is 2.69. The summed E-state index contributed by atoms with van der Waals surface area (Å²) in [5.74, 6) is -0.321. The van der Waals surface area contributed by atoms with Gasteiger partial charge in [0.15, 0.2) is 10.8 Å². The molecule has 16 heavy (non-hydrogen) atoms. The molecule has 0 saturated heterocycles. The number of aromatic nitrogens is 2. The van der Waals surface area contributed by atoms with Crippen molar-refractivity contribution in [1.82, 2.24) is 20.2 Å². The van der Waals surface area contributed by atoms with Gasteiger partial charge in [-0.05, 0) is 32.1 Å². The third-order valence-corrected chi connectivity index (χ3v) is 2.39. The molecule has 1 aromatic heterocycles. The Morgan fingerprint density at radius 1 is 1.75 bits per heavy atom. The molecule has 0 radical (unpaired) electrons. The van der Waals surface area contributed by atoms with Crippen molar-refractivity contribution in [3.8, 4) is 0 Å². The number of hydrogen-bond donors (Lipinski definition) is 2. The fraction of sp³-hybridized carbons (Fsp3) is 0.444. The number of carbonyl (C=O) groups is 1. The Morgan fingerprint density at radius 3 is 2.75 bits per heavy atom. The van der Waals surface area contributed by atoms with E-state index in [1.807, 2.05) is 13.8 Å². The quantitative estimate of drug-likeness (QED) is 0.560. The summed E-state index contributed by atoms with van der Waals surface area (Å²) in [6.45, 7) is 4.21. The molecule has 0 aromatic carbocycles. The van der Waals surface area contributed by atoms with Gasteiger partial charge in [0.1, 0.15) is 0 Å². The van der Waals surface area contributed by atoms with Crippen LogP contribution in [0.1, 0.15) is 23.1 Å². The molecule has 0 saturated carbocycles. The fourth-order valence-electron chi connectivity index (χ4n) is 1.14. The lowest BCUT2D eigenvalue weighted by Gasteiger charge is -2.20. The number of thiocarbonyl (C=S) groups is 1.